The lowest BCUT2D eigenvalue weighted by Crippen LogP contribution is -2.21. The largest absolute Gasteiger partial charge is 0.609 e. The molecule has 2 amide bonds. The monoisotopic (exact) mass is 557 g/mol. The fourth-order valence-corrected chi connectivity index (χ4v) is 6.80. The van der Waals surface area contributed by atoms with E-state index >= 15 is 0 Å². The number of anilines is 1. The van der Waals surface area contributed by atoms with E-state index in [1.54, 1.807) is 43.6 Å². The summed E-state index contributed by atoms with van der Waals surface area (Å²) in [6, 6.07) is 13.1. The number of aromatic nitrogens is 3. The highest BCUT2D eigenvalue weighted by Crippen LogP contribution is 2.29. The van der Waals surface area contributed by atoms with E-state index in [1.165, 1.54) is 24.3 Å². The second kappa shape index (κ2) is 11.8. The summed E-state index contributed by atoms with van der Waals surface area (Å²) >= 11 is -1.88. The summed E-state index contributed by atoms with van der Waals surface area (Å²) in [6.45, 7) is 2.83. The molecule has 4 rings (SSSR count). The molecule has 0 spiro atoms. The third kappa shape index (κ3) is 5.91. The molecule has 2 heterocycles. The molecule has 0 saturated carbocycles. The number of amides is 2. The molecule has 3 N–H and O–H groups in total. The second-order valence-corrected chi connectivity index (χ2v) is 11.4. The molecule has 200 valence electrons. The van der Waals surface area contributed by atoms with Gasteiger partial charge in [0.25, 0.3) is 10.0 Å². The number of nitrogens with zero attached hydrogens (tertiary/aromatic N) is 3. The SMILES string of the molecule is COCCCOc1ccnc(C[S+]([O-])c2nc3ccccc3n2S(=O)(=O)c2ccc(NC(N)=O)cc2)c1C. The molecule has 0 aliphatic carbocycles. The van der Waals surface area contributed by atoms with Crippen LogP contribution in [0.25, 0.3) is 11.0 Å². The molecule has 13 heteroatoms. The highest BCUT2D eigenvalue weighted by atomic mass is 32.2. The number of ether oxygens (including phenoxy) is 2. The Morgan fingerprint density at radius 1 is 1.13 bits per heavy atom. The number of primary amides is 1. The minimum atomic E-state index is -4.21. The maximum absolute atomic E-state index is 13.7. The van der Waals surface area contributed by atoms with E-state index in [0.29, 0.717) is 47.8 Å². The van der Waals surface area contributed by atoms with Crippen molar-refractivity contribution in [2.45, 2.75) is 29.1 Å². The van der Waals surface area contributed by atoms with Crippen LogP contribution < -0.4 is 15.8 Å². The number of imidazole rings is 1. The van der Waals surface area contributed by atoms with Crippen LogP contribution in [0.4, 0.5) is 10.5 Å². The van der Waals surface area contributed by atoms with Crippen molar-refractivity contribution in [2.75, 3.05) is 25.6 Å². The molecule has 2 aromatic carbocycles. The normalized spacial score (nSPS) is 12.4. The number of rotatable bonds is 11. The van der Waals surface area contributed by atoms with Crippen molar-refractivity contribution >= 4 is 44.0 Å². The Labute approximate surface area is 223 Å². The number of methoxy groups -OCH3 is 1. The second-order valence-electron chi connectivity index (χ2n) is 8.23. The first-order valence-corrected chi connectivity index (χ1v) is 14.3. The van der Waals surface area contributed by atoms with E-state index in [4.69, 9.17) is 15.2 Å². The molecule has 11 nitrogen and oxygen atoms in total. The highest BCUT2D eigenvalue weighted by molar-refractivity contribution is 7.93. The molecule has 0 radical (unpaired) electrons. The Morgan fingerprint density at radius 3 is 2.58 bits per heavy atom. The van der Waals surface area contributed by atoms with Gasteiger partial charge in [0.05, 0.1) is 28.2 Å². The lowest BCUT2D eigenvalue weighted by molar-refractivity contribution is 0.172. The van der Waals surface area contributed by atoms with Gasteiger partial charge in [-0.15, -0.1) is 0 Å². The van der Waals surface area contributed by atoms with Crippen molar-refractivity contribution in [1.29, 1.82) is 0 Å². The Hall–Kier alpha value is -3.65. The van der Waals surface area contributed by atoms with Crippen LogP contribution in [0.15, 0.2) is 70.8 Å². The molecular weight excluding hydrogens is 530 g/mol. The van der Waals surface area contributed by atoms with Crippen molar-refractivity contribution in [3.63, 3.8) is 0 Å². The number of pyridine rings is 1. The van der Waals surface area contributed by atoms with Gasteiger partial charge < -0.3 is 25.1 Å². The lowest BCUT2D eigenvalue weighted by Gasteiger charge is -2.15. The quantitative estimate of drug-likeness (QED) is 0.210. The summed E-state index contributed by atoms with van der Waals surface area (Å²) < 4.78 is 53.0. The molecule has 0 aliphatic rings. The van der Waals surface area contributed by atoms with Crippen molar-refractivity contribution < 1.29 is 27.2 Å². The fourth-order valence-electron chi connectivity index (χ4n) is 3.75. The average Bonchev–Trinajstić information content (AvgIpc) is 3.29. The lowest BCUT2D eigenvalue weighted by atomic mass is 10.2. The number of hydrogen-bond donors (Lipinski definition) is 2. The van der Waals surface area contributed by atoms with E-state index in [-0.39, 0.29) is 21.3 Å². The Bertz CT molecular complexity index is 1540. The standard InChI is InChI=1S/C25H27N5O6S2/c1-17-21(27-13-12-23(17)36-15-5-14-35-2)16-37(32)25-29-20-6-3-4-7-22(20)30(25)38(33,34)19-10-8-18(9-11-19)28-24(26)31/h3-4,6-13H,5,14-16H2,1-2H3,(H3,26,28,31). The maximum atomic E-state index is 13.7. The average molecular weight is 558 g/mol. The van der Waals surface area contributed by atoms with Crippen LogP contribution in [-0.4, -0.2) is 53.3 Å². The number of hydrogen-bond acceptors (Lipinski definition) is 8. The summed E-state index contributed by atoms with van der Waals surface area (Å²) in [5.74, 6) is 0.537. The highest BCUT2D eigenvalue weighted by Gasteiger charge is 2.32. The van der Waals surface area contributed by atoms with Crippen LogP contribution in [0.1, 0.15) is 17.7 Å². The zero-order chi connectivity index (χ0) is 27.3. The van der Waals surface area contributed by atoms with Gasteiger partial charge in [0, 0.05) is 48.8 Å². The van der Waals surface area contributed by atoms with Gasteiger partial charge >= 0.3 is 11.2 Å². The predicted octanol–water partition coefficient (Wildman–Crippen LogP) is 3.19. The Balaban J connectivity index is 1.68. The van der Waals surface area contributed by atoms with Crippen molar-refractivity contribution in [2.24, 2.45) is 5.73 Å². The summed E-state index contributed by atoms with van der Waals surface area (Å²) in [5.41, 5.74) is 7.35. The molecule has 38 heavy (non-hydrogen) atoms. The van der Waals surface area contributed by atoms with Crippen LogP contribution >= 0.6 is 0 Å². The molecular formula is C25H27N5O6S2. The third-order valence-corrected chi connectivity index (χ3v) is 8.68. The zero-order valence-corrected chi connectivity index (χ0v) is 22.4. The van der Waals surface area contributed by atoms with Gasteiger partial charge in [-0.25, -0.2) is 13.2 Å². The number of nitrogens with one attached hydrogen (secondary N) is 1. The summed E-state index contributed by atoms with van der Waals surface area (Å²) in [6.07, 6.45) is 2.27. The van der Waals surface area contributed by atoms with Gasteiger partial charge in [0.2, 0.25) is 0 Å². The number of nitrogens with two attached hydrogens (primary N) is 1. The number of benzene rings is 2. The van der Waals surface area contributed by atoms with Crippen molar-refractivity contribution in [1.82, 2.24) is 13.9 Å². The number of para-hydroxylation sites is 2. The van der Waals surface area contributed by atoms with Gasteiger partial charge in [-0.05, 0) is 49.4 Å². The van der Waals surface area contributed by atoms with Crippen LogP contribution in [0.2, 0.25) is 0 Å². The molecule has 0 saturated heterocycles. The molecule has 1 atom stereocenters. The van der Waals surface area contributed by atoms with E-state index in [9.17, 15) is 17.8 Å². The first-order valence-electron chi connectivity index (χ1n) is 11.6. The zero-order valence-electron chi connectivity index (χ0n) is 20.8. The minimum Gasteiger partial charge on any atom is -0.609 e. The van der Waals surface area contributed by atoms with E-state index < -0.39 is 27.2 Å². The van der Waals surface area contributed by atoms with Gasteiger partial charge in [-0.1, -0.05) is 12.1 Å². The van der Waals surface area contributed by atoms with Gasteiger partial charge in [-0.2, -0.15) is 8.96 Å². The summed E-state index contributed by atoms with van der Waals surface area (Å²) in [4.78, 5) is 19.8. The first-order chi connectivity index (χ1) is 18.2. The van der Waals surface area contributed by atoms with Crippen LogP contribution in [-0.2, 0) is 31.7 Å². The van der Waals surface area contributed by atoms with E-state index in [0.717, 1.165) is 3.97 Å². The van der Waals surface area contributed by atoms with Crippen LogP contribution in [0.3, 0.4) is 0 Å². The minimum absolute atomic E-state index is 0.0680. The van der Waals surface area contributed by atoms with Crippen molar-refractivity contribution in [3.8, 4) is 5.75 Å². The topological polar surface area (TPSA) is 161 Å². The fraction of sp³-hybridized carbons (Fsp3) is 0.240. The number of carbonyl (C=O) groups is 1. The van der Waals surface area contributed by atoms with E-state index in [1.807, 2.05) is 6.92 Å². The molecule has 2 aromatic heterocycles. The molecule has 0 fully saturated rings. The van der Waals surface area contributed by atoms with Crippen molar-refractivity contribution in [3.05, 3.63) is 72.1 Å². The maximum Gasteiger partial charge on any atom is 0.338 e. The summed E-state index contributed by atoms with van der Waals surface area (Å²) in [5, 5.41) is 2.26. The van der Waals surface area contributed by atoms with Gasteiger partial charge in [-0.3, -0.25) is 4.98 Å². The third-order valence-electron chi connectivity index (χ3n) is 5.63. The molecule has 0 bridgehead atoms. The molecule has 4 aromatic rings. The van der Waals surface area contributed by atoms with Crippen LogP contribution in [0.5, 0.6) is 5.75 Å². The Morgan fingerprint density at radius 2 is 1.87 bits per heavy atom. The molecule has 1 unspecified atom stereocenters. The first kappa shape index (κ1) is 27.4. The van der Waals surface area contributed by atoms with E-state index in [2.05, 4.69) is 15.3 Å². The van der Waals surface area contributed by atoms with Gasteiger partial charge in [0.1, 0.15) is 5.75 Å². The number of fused-ring (bicyclic) bond motifs is 1. The number of urea groups is 1. The van der Waals surface area contributed by atoms with Gasteiger partial charge in [0.15, 0.2) is 5.75 Å². The summed E-state index contributed by atoms with van der Waals surface area (Å²) in [7, 11) is -2.59. The number of carbonyl (C=O) groups excluding carboxylic acids is 1. The smallest absolute Gasteiger partial charge is 0.338 e. The Kier molecular flexibility index (Phi) is 8.52. The van der Waals surface area contributed by atoms with Crippen LogP contribution in [0, 0.1) is 6.92 Å². The predicted molar refractivity (Wildman–Crippen MR) is 143 cm³/mol. The molecule has 0 aliphatic heterocycles.